The Labute approximate surface area is 139 Å². The number of benzene rings is 2. The smallest absolute Gasteiger partial charge is 0.255 e. The van der Waals surface area contributed by atoms with E-state index in [0.717, 1.165) is 0 Å². The van der Waals surface area contributed by atoms with Gasteiger partial charge in [0.1, 0.15) is 5.75 Å². The van der Waals surface area contributed by atoms with E-state index in [2.05, 4.69) is 5.32 Å². The molecule has 0 radical (unpaired) electrons. The van der Waals surface area contributed by atoms with Gasteiger partial charge in [0.05, 0.1) is 12.3 Å². The highest BCUT2D eigenvalue weighted by atomic mass is 16.7. The predicted molar refractivity (Wildman–Crippen MR) is 88.1 cm³/mol. The molecule has 2 aromatic carbocycles. The number of fused-ring (bicyclic) bond motifs is 1. The van der Waals surface area contributed by atoms with Crippen LogP contribution in [-0.4, -0.2) is 25.1 Å². The molecule has 2 aromatic rings. The van der Waals surface area contributed by atoms with E-state index in [1.165, 1.54) is 6.92 Å². The first-order chi connectivity index (χ1) is 11.6. The minimum Gasteiger partial charge on any atom is -0.494 e. The number of hydrogen-bond donors (Lipinski definition) is 1. The molecule has 0 bridgehead atoms. The Morgan fingerprint density at radius 1 is 1.12 bits per heavy atom. The Balaban J connectivity index is 1.84. The number of ketones is 1. The second kappa shape index (κ2) is 6.62. The first-order valence-electron chi connectivity index (χ1n) is 7.57. The van der Waals surface area contributed by atoms with Crippen LogP contribution in [-0.2, 0) is 0 Å². The van der Waals surface area contributed by atoms with E-state index >= 15 is 0 Å². The molecule has 0 saturated carbocycles. The summed E-state index contributed by atoms with van der Waals surface area (Å²) in [5.74, 6) is 1.21. The molecule has 1 aliphatic heterocycles. The number of anilines is 1. The van der Waals surface area contributed by atoms with Crippen molar-refractivity contribution in [3.05, 3.63) is 47.5 Å². The van der Waals surface area contributed by atoms with Gasteiger partial charge in [-0.2, -0.15) is 0 Å². The van der Waals surface area contributed by atoms with Gasteiger partial charge in [0, 0.05) is 17.2 Å². The summed E-state index contributed by atoms with van der Waals surface area (Å²) in [6.07, 6.45) is 0. The summed E-state index contributed by atoms with van der Waals surface area (Å²) in [6.45, 7) is 3.99. The minimum atomic E-state index is -0.320. The van der Waals surface area contributed by atoms with Crippen LogP contribution >= 0.6 is 0 Å². The highest BCUT2D eigenvalue weighted by molar-refractivity contribution is 6.09. The van der Waals surface area contributed by atoms with Gasteiger partial charge in [-0.25, -0.2) is 0 Å². The number of carbonyl (C=O) groups is 2. The monoisotopic (exact) mass is 327 g/mol. The molecule has 0 fully saturated rings. The van der Waals surface area contributed by atoms with E-state index in [-0.39, 0.29) is 18.5 Å². The maximum Gasteiger partial charge on any atom is 0.255 e. The van der Waals surface area contributed by atoms with Crippen LogP contribution in [0.1, 0.15) is 34.6 Å². The topological polar surface area (TPSA) is 73.9 Å². The van der Waals surface area contributed by atoms with Gasteiger partial charge in [-0.15, -0.1) is 0 Å². The standard InChI is InChI=1S/C18H17NO5/c1-3-22-13-6-4-12(5-7-13)18(21)19-15-9-17-16(23-10-24-17)8-14(15)11(2)20/h4-9H,3,10H2,1-2H3,(H,19,21). The molecule has 6 nitrogen and oxygen atoms in total. The van der Waals surface area contributed by atoms with Crippen molar-refractivity contribution >= 4 is 17.4 Å². The Kier molecular flexibility index (Phi) is 4.37. The lowest BCUT2D eigenvalue weighted by atomic mass is 10.1. The third-order valence-electron chi connectivity index (χ3n) is 3.57. The lowest BCUT2D eigenvalue weighted by molar-refractivity contribution is 0.101. The van der Waals surface area contributed by atoms with Gasteiger partial charge >= 0.3 is 0 Å². The zero-order valence-electron chi connectivity index (χ0n) is 13.4. The lowest BCUT2D eigenvalue weighted by Crippen LogP contribution is -2.14. The second-order valence-corrected chi connectivity index (χ2v) is 5.22. The van der Waals surface area contributed by atoms with E-state index in [1.54, 1.807) is 36.4 Å². The number of rotatable bonds is 5. The van der Waals surface area contributed by atoms with E-state index in [4.69, 9.17) is 14.2 Å². The van der Waals surface area contributed by atoms with Crippen LogP contribution in [0.15, 0.2) is 36.4 Å². The average molecular weight is 327 g/mol. The molecular weight excluding hydrogens is 310 g/mol. The van der Waals surface area contributed by atoms with Crippen molar-refractivity contribution in [2.45, 2.75) is 13.8 Å². The average Bonchev–Trinajstić information content (AvgIpc) is 3.02. The highest BCUT2D eigenvalue weighted by Crippen LogP contribution is 2.37. The van der Waals surface area contributed by atoms with E-state index in [9.17, 15) is 9.59 Å². The summed E-state index contributed by atoms with van der Waals surface area (Å²) in [5, 5.41) is 2.75. The number of Topliss-reactive ketones (excluding diaryl/α,β-unsaturated/α-hetero) is 1. The van der Waals surface area contributed by atoms with Crippen molar-refractivity contribution in [1.29, 1.82) is 0 Å². The molecule has 0 atom stereocenters. The summed E-state index contributed by atoms with van der Waals surface area (Å²) < 4.78 is 15.9. The maximum absolute atomic E-state index is 12.4. The van der Waals surface area contributed by atoms with Gasteiger partial charge in [0.25, 0.3) is 5.91 Å². The zero-order chi connectivity index (χ0) is 17.1. The molecule has 0 spiro atoms. The van der Waals surface area contributed by atoms with Crippen LogP contribution in [0, 0.1) is 0 Å². The summed E-state index contributed by atoms with van der Waals surface area (Å²) >= 11 is 0. The third-order valence-corrected chi connectivity index (χ3v) is 3.57. The van der Waals surface area contributed by atoms with Crippen LogP contribution in [0.25, 0.3) is 0 Å². The highest BCUT2D eigenvalue weighted by Gasteiger charge is 2.20. The molecule has 6 heteroatoms. The molecule has 0 aliphatic carbocycles. The van der Waals surface area contributed by atoms with Gasteiger partial charge < -0.3 is 19.5 Å². The van der Waals surface area contributed by atoms with E-state index < -0.39 is 0 Å². The Morgan fingerprint density at radius 2 is 1.79 bits per heavy atom. The van der Waals surface area contributed by atoms with Crippen LogP contribution in [0.2, 0.25) is 0 Å². The van der Waals surface area contributed by atoms with Gasteiger partial charge in [-0.1, -0.05) is 0 Å². The van der Waals surface area contributed by atoms with E-state index in [1.807, 2.05) is 6.92 Å². The molecule has 1 N–H and O–H groups in total. The summed E-state index contributed by atoms with van der Waals surface area (Å²) in [5.41, 5.74) is 1.23. The fourth-order valence-corrected chi connectivity index (χ4v) is 2.40. The Bertz CT molecular complexity index is 783. The van der Waals surface area contributed by atoms with Crippen molar-refractivity contribution in [2.24, 2.45) is 0 Å². The van der Waals surface area contributed by atoms with Gasteiger partial charge in [0.2, 0.25) is 6.79 Å². The minimum absolute atomic E-state index is 0.100. The lowest BCUT2D eigenvalue weighted by Gasteiger charge is -2.11. The zero-order valence-corrected chi connectivity index (χ0v) is 13.4. The van der Waals surface area contributed by atoms with Crippen LogP contribution in [0.5, 0.6) is 17.2 Å². The Morgan fingerprint density at radius 3 is 2.42 bits per heavy atom. The van der Waals surface area contributed by atoms with Crippen molar-refractivity contribution in [2.75, 3.05) is 18.7 Å². The van der Waals surface area contributed by atoms with Crippen molar-refractivity contribution in [3.63, 3.8) is 0 Å². The SMILES string of the molecule is CCOc1ccc(C(=O)Nc2cc3c(cc2C(C)=O)OCO3)cc1. The van der Waals surface area contributed by atoms with Gasteiger partial charge in [-0.05, 0) is 44.2 Å². The second-order valence-electron chi connectivity index (χ2n) is 5.22. The van der Waals surface area contributed by atoms with E-state index in [0.29, 0.717) is 40.7 Å². The Hall–Kier alpha value is -3.02. The summed E-state index contributed by atoms with van der Waals surface area (Å²) in [6, 6.07) is 9.97. The largest absolute Gasteiger partial charge is 0.494 e. The van der Waals surface area contributed by atoms with Crippen LogP contribution in [0.3, 0.4) is 0 Å². The molecule has 0 saturated heterocycles. The third kappa shape index (κ3) is 3.17. The normalized spacial score (nSPS) is 11.9. The van der Waals surface area contributed by atoms with Crippen molar-refractivity contribution in [3.8, 4) is 17.2 Å². The first-order valence-corrected chi connectivity index (χ1v) is 7.57. The van der Waals surface area contributed by atoms with Crippen molar-refractivity contribution in [1.82, 2.24) is 0 Å². The fourth-order valence-electron chi connectivity index (χ4n) is 2.40. The quantitative estimate of drug-likeness (QED) is 0.853. The molecule has 3 rings (SSSR count). The molecule has 1 aliphatic rings. The maximum atomic E-state index is 12.4. The summed E-state index contributed by atoms with van der Waals surface area (Å²) in [4.78, 5) is 24.3. The summed E-state index contributed by atoms with van der Waals surface area (Å²) in [7, 11) is 0. The van der Waals surface area contributed by atoms with Gasteiger partial charge in [0.15, 0.2) is 17.3 Å². The van der Waals surface area contributed by atoms with Crippen LogP contribution < -0.4 is 19.5 Å². The molecular formula is C18H17NO5. The van der Waals surface area contributed by atoms with Gasteiger partial charge in [-0.3, -0.25) is 9.59 Å². The number of nitrogens with one attached hydrogen (secondary N) is 1. The van der Waals surface area contributed by atoms with Crippen molar-refractivity contribution < 1.29 is 23.8 Å². The molecule has 1 heterocycles. The molecule has 0 aromatic heterocycles. The molecule has 24 heavy (non-hydrogen) atoms. The fraction of sp³-hybridized carbons (Fsp3) is 0.222. The number of hydrogen-bond acceptors (Lipinski definition) is 5. The van der Waals surface area contributed by atoms with Crippen LogP contribution in [0.4, 0.5) is 5.69 Å². The molecule has 124 valence electrons. The number of ether oxygens (including phenoxy) is 3. The molecule has 1 amide bonds. The first kappa shape index (κ1) is 15.9. The predicted octanol–water partition coefficient (Wildman–Crippen LogP) is 3.27. The molecule has 0 unspecified atom stereocenters. The number of amides is 1. The number of carbonyl (C=O) groups excluding carboxylic acids is 2.